The molecule has 1 aliphatic heterocycles. The molecule has 0 N–H and O–H groups in total. The van der Waals surface area contributed by atoms with Gasteiger partial charge >= 0.3 is 0 Å². The summed E-state index contributed by atoms with van der Waals surface area (Å²) >= 11 is 0. The first-order valence-corrected chi connectivity index (χ1v) is 11.9. The second-order valence-electron chi connectivity index (χ2n) is 9.74. The molecule has 0 radical (unpaired) electrons. The molecule has 0 atom stereocenters. The molecular formula is C25H42N2O3. The SMILES string of the molecule is CC(C)C(=O)N1CCC(C#CCOCCN(C)C(=O)C2CCC(C(C)C)CC2)CC1. The fourth-order valence-electron chi connectivity index (χ4n) is 4.57. The number of amides is 2. The maximum atomic E-state index is 12.6. The summed E-state index contributed by atoms with van der Waals surface area (Å²) in [6.45, 7) is 11.7. The van der Waals surface area contributed by atoms with Gasteiger partial charge in [-0.05, 0) is 50.4 Å². The van der Waals surface area contributed by atoms with Crippen LogP contribution in [0.5, 0.6) is 0 Å². The zero-order valence-electron chi connectivity index (χ0n) is 19.8. The van der Waals surface area contributed by atoms with Crippen LogP contribution in [0.2, 0.25) is 0 Å². The zero-order valence-corrected chi connectivity index (χ0v) is 19.8. The van der Waals surface area contributed by atoms with E-state index in [1.54, 1.807) is 0 Å². The molecule has 0 bridgehead atoms. The molecule has 2 amide bonds. The molecule has 5 heteroatoms. The van der Waals surface area contributed by atoms with Crippen LogP contribution in [0.3, 0.4) is 0 Å². The molecule has 1 saturated heterocycles. The van der Waals surface area contributed by atoms with Crippen molar-refractivity contribution in [1.29, 1.82) is 0 Å². The largest absolute Gasteiger partial charge is 0.367 e. The molecule has 0 unspecified atom stereocenters. The lowest BCUT2D eigenvalue weighted by atomic mass is 9.76. The number of rotatable bonds is 7. The van der Waals surface area contributed by atoms with Crippen molar-refractivity contribution >= 4 is 11.8 Å². The van der Waals surface area contributed by atoms with Crippen molar-refractivity contribution in [2.75, 3.05) is 39.9 Å². The quantitative estimate of drug-likeness (QED) is 0.466. The van der Waals surface area contributed by atoms with Crippen LogP contribution in [0.25, 0.3) is 0 Å². The van der Waals surface area contributed by atoms with Gasteiger partial charge in [0, 0.05) is 44.4 Å². The third-order valence-corrected chi connectivity index (χ3v) is 6.79. The highest BCUT2D eigenvalue weighted by molar-refractivity contribution is 5.78. The van der Waals surface area contributed by atoms with Gasteiger partial charge in [-0.15, -0.1) is 0 Å². The molecule has 1 aliphatic carbocycles. The Kier molecular flexibility index (Phi) is 10.2. The second kappa shape index (κ2) is 12.3. The Morgan fingerprint density at radius 3 is 2.23 bits per heavy atom. The van der Waals surface area contributed by atoms with Crippen molar-refractivity contribution in [3.8, 4) is 11.8 Å². The first-order chi connectivity index (χ1) is 14.3. The predicted molar refractivity (Wildman–Crippen MR) is 121 cm³/mol. The summed E-state index contributed by atoms with van der Waals surface area (Å²) in [4.78, 5) is 28.4. The Morgan fingerprint density at radius 1 is 1.03 bits per heavy atom. The lowest BCUT2D eigenvalue weighted by Gasteiger charge is -2.32. The average Bonchev–Trinajstić information content (AvgIpc) is 2.75. The highest BCUT2D eigenvalue weighted by atomic mass is 16.5. The van der Waals surface area contributed by atoms with Crippen molar-refractivity contribution in [3.05, 3.63) is 0 Å². The Balaban J connectivity index is 1.58. The highest BCUT2D eigenvalue weighted by Gasteiger charge is 2.29. The predicted octanol–water partition coefficient (Wildman–Crippen LogP) is 3.82. The number of ether oxygens (including phenoxy) is 1. The minimum absolute atomic E-state index is 0.0705. The molecule has 170 valence electrons. The van der Waals surface area contributed by atoms with Crippen LogP contribution in [0, 0.1) is 41.4 Å². The number of likely N-dealkylation sites (tertiary alicyclic amines) is 1. The number of piperidine rings is 1. The van der Waals surface area contributed by atoms with E-state index in [4.69, 9.17) is 4.74 Å². The molecule has 0 aromatic rings. The van der Waals surface area contributed by atoms with E-state index in [9.17, 15) is 9.59 Å². The molecule has 2 rings (SSSR count). The van der Waals surface area contributed by atoms with Crippen molar-refractivity contribution in [2.24, 2.45) is 29.6 Å². The summed E-state index contributed by atoms with van der Waals surface area (Å²) in [5.41, 5.74) is 0. The summed E-state index contributed by atoms with van der Waals surface area (Å²) < 4.78 is 5.64. The fourth-order valence-corrected chi connectivity index (χ4v) is 4.57. The molecule has 0 aromatic carbocycles. The van der Waals surface area contributed by atoms with E-state index in [1.807, 2.05) is 30.7 Å². The lowest BCUT2D eigenvalue weighted by molar-refractivity contribution is -0.136. The maximum Gasteiger partial charge on any atom is 0.225 e. The molecule has 0 spiro atoms. The van der Waals surface area contributed by atoms with Gasteiger partial charge in [-0.25, -0.2) is 0 Å². The van der Waals surface area contributed by atoms with Crippen molar-refractivity contribution < 1.29 is 14.3 Å². The third kappa shape index (κ3) is 7.61. The van der Waals surface area contributed by atoms with Gasteiger partial charge in [0.15, 0.2) is 0 Å². The van der Waals surface area contributed by atoms with Crippen molar-refractivity contribution in [3.63, 3.8) is 0 Å². The van der Waals surface area contributed by atoms with E-state index in [0.29, 0.717) is 25.7 Å². The van der Waals surface area contributed by atoms with E-state index in [-0.39, 0.29) is 23.7 Å². The first-order valence-electron chi connectivity index (χ1n) is 11.9. The smallest absolute Gasteiger partial charge is 0.225 e. The minimum atomic E-state index is 0.0705. The topological polar surface area (TPSA) is 49.9 Å². The Bertz CT molecular complexity index is 604. The number of likely N-dealkylation sites (N-methyl/N-ethyl adjacent to an activating group) is 1. The molecule has 30 heavy (non-hydrogen) atoms. The van der Waals surface area contributed by atoms with Crippen LogP contribution in [-0.2, 0) is 14.3 Å². The standard InChI is InChI=1S/C25H42N2O3/c1-19(2)22-8-10-23(11-9-22)25(29)26(5)16-18-30-17-6-7-21-12-14-27(15-13-21)24(28)20(3)4/h19-23H,8-18H2,1-5H3. The van der Waals surface area contributed by atoms with Crippen LogP contribution in [0.15, 0.2) is 0 Å². The van der Waals surface area contributed by atoms with Crippen LogP contribution < -0.4 is 0 Å². The summed E-state index contributed by atoms with van der Waals surface area (Å²) in [7, 11) is 1.89. The Hall–Kier alpha value is -1.54. The third-order valence-electron chi connectivity index (χ3n) is 6.79. The van der Waals surface area contributed by atoms with Crippen molar-refractivity contribution in [2.45, 2.75) is 66.2 Å². The van der Waals surface area contributed by atoms with Gasteiger partial charge < -0.3 is 14.5 Å². The molecule has 5 nitrogen and oxygen atoms in total. The van der Waals surface area contributed by atoms with E-state index in [2.05, 4.69) is 25.7 Å². The molecule has 2 aliphatic rings. The minimum Gasteiger partial charge on any atom is -0.367 e. The van der Waals surface area contributed by atoms with Crippen LogP contribution in [-0.4, -0.2) is 61.5 Å². The van der Waals surface area contributed by atoms with E-state index in [1.165, 1.54) is 12.8 Å². The number of hydrogen-bond donors (Lipinski definition) is 0. The molecular weight excluding hydrogens is 376 g/mol. The van der Waals surface area contributed by atoms with Gasteiger partial charge in [0.2, 0.25) is 11.8 Å². The van der Waals surface area contributed by atoms with Gasteiger partial charge in [0.1, 0.15) is 6.61 Å². The summed E-state index contributed by atoms with van der Waals surface area (Å²) in [5.74, 6) is 9.06. The molecule has 1 heterocycles. The maximum absolute atomic E-state index is 12.6. The van der Waals surface area contributed by atoms with E-state index >= 15 is 0 Å². The monoisotopic (exact) mass is 418 g/mol. The van der Waals surface area contributed by atoms with Crippen LogP contribution in [0.1, 0.15) is 66.2 Å². The highest BCUT2D eigenvalue weighted by Crippen LogP contribution is 2.33. The number of carbonyl (C=O) groups excluding carboxylic acids is 2. The number of hydrogen-bond acceptors (Lipinski definition) is 3. The summed E-state index contributed by atoms with van der Waals surface area (Å²) in [6, 6.07) is 0. The summed E-state index contributed by atoms with van der Waals surface area (Å²) in [5, 5.41) is 0. The normalized spacial score (nSPS) is 22.7. The lowest BCUT2D eigenvalue weighted by Crippen LogP contribution is -2.40. The van der Waals surface area contributed by atoms with E-state index in [0.717, 1.165) is 50.6 Å². The Labute approximate surface area is 183 Å². The zero-order chi connectivity index (χ0) is 22.1. The Morgan fingerprint density at radius 2 is 1.67 bits per heavy atom. The first kappa shape index (κ1) is 24.7. The molecule has 1 saturated carbocycles. The fraction of sp³-hybridized carbons (Fsp3) is 0.840. The van der Waals surface area contributed by atoms with Gasteiger partial charge in [-0.1, -0.05) is 39.5 Å². The average molecular weight is 419 g/mol. The number of carbonyl (C=O) groups is 2. The summed E-state index contributed by atoms with van der Waals surface area (Å²) in [6.07, 6.45) is 6.31. The van der Waals surface area contributed by atoms with Gasteiger partial charge in [0.25, 0.3) is 0 Å². The van der Waals surface area contributed by atoms with Gasteiger partial charge in [0.05, 0.1) is 6.61 Å². The van der Waals surface area contributed by atoms with Gasteiger partial charge in [-0.2, -0.15) is 0 Å². The van der Waals surface area contributed by atoms with Crippen molar-refractivity contribution in [1.82, 2.24) is 9.80 Å². The van der Waals surface area contributed by atoms with Gasteiger partial charge in [-0.3, -0.25) is 9.59 Å². The van der Waals surface area contributed by atoms with Crippen LogP contribution >= 0.6 is 0 Å². The number of nitrogens with zero attached hydrogens (tertiary/aromatic N) is 2. The molecule has 0 aromatic heterocycles. The van der Waals surface area contributed by atoms with E-state index < -0.39 is 0 Å². The molecule has 2 fully saturated rings. The second-order valence-corrected chi connectivity index (χ2v) is 9.74. The van der Waals surface area contributed by atoms with Crippen LogP contribution in [0.4, 0.5) is 0 Å².